The van der Waals surface area contributed by atoms with E-state index in [2.05, 4.69) is 53.6 Å². The molecule has 0 spiro atoms. The summed E-state index contributed by atoms with van der Waals surface area (Å²) in [6, 6.07) is 8.23. The van der Waals surface area contributed by atoms with Gasteiger partial charge < -0.3 is 15.4 Å². The zero-order valence-corrected chi connectivity index (χ0v) is 13.6. The van der Waals surface area contributed by atoms with Gasteiger partial charge in [0.2, 0.25) is 5.91 Å². The third-order valence-corrected chi connectivity index (χ3v) is 4.03. The van der Waals surface area contributed by atoms with E-state index in [0.29, 0.717) is 19.8 Å². The number of nitrogens with zero attached hydrogens (tertiary/aromatic N) is 1. The molecule has 1 amide bonds. The highest BCUT2D eigenvalue weighted by Crippen LogP contribution is 2.07. The third-order valence-electron chi connectivity index (χ3n) is 4.03. The molecule has 0 radical (unpaired) electrons. The molecule has 5 nitrogen and oxygen atoms in total. The topological polar surface area (TPSA) is 53.6 Å². The lowest BCUT2D eigenvalue weighted by Gasteiger charge is -2.23. The first-order chi connectivity index (χ1) is 10.7. The zero-order chi connectivity index (χ0) is 15.8. The fraction of sp³-hybridized carbons (Fsp3) is 0.588. The van der Waals surface area contributed by atoms with E-state index in [-0.39, 0.29) is 11.9 Å². The number of benzene rings is 1. The lowest BCUT2D eigenvalue weighted by molar-refractivity contribution is -0.126. The molecule has 1 aliphatic rings. The van der Waals surface area contributed by atoms with Crippen LogP contribution in [0.5, 0.6) is 0 Å². The van der Waals surface area contributed by atoms with Crippen molar-refractivity contribution in [2.75, 3.05) is 32.8 Å². The molecule has 1 aromatic carbocycles. The van der Waals surface area contributed by atoms with Crippen LogP contribution >= 0.6 is 0 Å². The Morgan fingerprint density at radius 1 is 1.27 bits per heavy atom. The average molecular weight is 305 g/mol. The van der Waals surface area contributed by atoms with Crippen LogP contribution in [0.1, 0.15) is 25.0 Å². The minimum Gasteiger partial charge on any atom is -0.378 e. The van der Waals surface area contributed by atoms with Crippen LogP contribution in [0.25, 0.3) is 0 Å². The third kappa shape index (κ3) is 5.09. The molecule has 1 fully saturated rings. The van der Waals surface area contributed by atoms with E-state index in [1.54, 1.807) is 0 Å². The summed E-state index contributed by atoms with van der Waals surface area (Å²) < 4.78 is 5.30. The Bertz CT molecular complexity index is 451. The molecule has 1 atom stereocenters. The highest BCUT2D eigenvalue weighted by Gasteiger charge is 2.20. The van der Waals surface area contributed by atoms with E-state index >= 15 is 0 Å². The van der Waals surface area contributed by atoms with Crippen molar-refractivity contribution in [3.8, 4) is 0 Å². The number of morpholine rings is 1. The second-order valence-corrected chi connectivity index (χ2v) is 5.58. The molecule has 2 rings (SSSR count). The van der Waals surface area contributed by atoms with Crippen molar-refractivity contribution in [3.05, 3.63) is 35.4 Å². The summed E-state index contributed by atoms with van der Waals surface area (Å²) >= 11 is 0. The van der Waals surface area contributed by atoms with Gasteiger partial charge in [0.1, 0.15) is 6.04 Å². The van der Waals surface area contributed by atoms with Crippen molar-refractivity contribution in [1.82, 2.24) is 15.5 Å². The molecule has 1 aromatic rings. The van der Waals surface area contributed by atoms with Crippen LogP contribution in [0.15, 0.2) is 24.3 Å². The fourth-order valence-electron chi connectivity index (χ4n) is 2.51. The molecule has 0 aliphatic carbocycles. The van der Waals surface area contributed by atoms with E-state index in [4.69, 9.17) is 4.74 Å². The van der Waals surface area contributed by atoms with E-state index < -0.39 is 0 Å². The Morgan fingerprint density at radius 3 is 2.55 bits per heavy atom. The van der Waals surface area contributed by atoms with Gasteiger partial charge in [-0.25, -0.2) is 0 Å². The predicted molar refractivity (Wildman–Crippen MR) is 87.5 cm³/mol. The number of ether oxygens (including phenoxy) is 1. The van der Waals surface area contributed by atoms with Gasteiger partial charge in [0.05, 0.1) is 13.2 Å². The summed E-state index contributed by atoms with van der Waals surface area (Å²) in [5.74, 6) is 0.00641. The summed E-state index contributed by atoms with van der Waals surface area (Å²) in [6.07, 6.45) is 0. The van der Waals surface area contributed by atoms with E-state index in [1.807, 2.05) is 0 Å². The van der Waals surface area contributed by atoms with Gasteiger partial charge >= 0.3 is 0 Å². The first-order valence-electron chi connectivity index (χ1n) is 8.12. The normalized spacial score (nSPS) is 18.4. The predicted octanol–water partition coefficient (Wildman–Crippen LogP) is 1.13. The van der Waals surface area contributed by atoms with Crippen LogP contribution in [0.4, 0.5) is 0 Å². The number of hydrogen-bond acceptors (Lipinski definition) is 4. The number of carbonyl (C=O) groups excluding carboxylic acids is 1. The lowest BCUT2D eigenvalue weighted by atomic mass is 10.1. The fourth-order valence-corrected chi connectivity index (χ4v) is 2.51. The van der Waals surface area contributed by atoms with Crippen LogP contribution in [0, 0.1) is 0 Å². The molecular weight excluding hydrogens is 278 g/mol. The Labute approximate surface area is 133 Å². The van der Waals surface area contributed by atoms with Gasteiger partial charge in [-0.15, -0.1) is 0 Å². The highest BCUT2D eigenvalue weighted by molar-refractivity contribution is 5.81. The Kier molecular flexibility index (Phi) is 6.83. The van der Waals surface area contributed by atoms with Gasteiger partial charge in [-0.1, -0.05) is 38.1 Å². The minimum atomic E-state index is -0.226. The van der Waals surface area contributed by atoms with E-state index in [9.17, 15) is 4.79 Å². The number of hydrogen-bond donors (Lipinski definition) is 2. The summed E-state index contributed by atoms with van der Waals surface area (Å²) in [5.41, 5.74) is 2.43. The van der Waals surface area contributed by atoms with Gasteiger partial charge in [0.25, 0.3) is 0 Å². The first-order valence-corrected chi connectivity index (χ1v) is 8.12. The number of rotatable bonds is 7. The van der Waals surface area contributed by atoms with Gasteiger partial charge in [0.15, 0.2) is 0 Å². The lowest BCUT2D eigenvalue weighted by Crippen LogP contribution is -2.51. The van der Waals surface area contributed by atoms with Crippen LogP contribution in [0.2, 0.25) is 0 Å². The van der Waals surface area contributed by atoms with Crippen molar-refractivity contribution >= 4 is 5.91 Å². The summed E-state index contributed by atoms with van der Waals surface area (Å²) in [6.45, 7) is 9.87. The molecule has 1 aliphatic heterocycles. The van der Waals surface area contributed by atoms with Crippen molar-refractivity contribution in [2.45, 2.75) is 33.0 Å². The van der Waals surface area contributed by atoms with Crippen LogP contribution in [-0.2, 0) is 22.6 Å². The van der Waals surface area contributed by atoms with Gasteiger partial charge in [-0.2, -0.15) is 0 Å². The average Bonchev–Trinajstić information content (AvgIpc) is 2.59. The van der Waals surface area contributed by atoms with Gasteiger partial charge in [0, 0.05) is 19.6 Å². The Balaban J connectivity index is 1.79. The molecule has 1 saturated heterocycles. The van der Waals surface area contributed by atoms with Crippen molar-refractivity contribution in [3.63, 3.8) is 0 Å². The molecule has 0 aromatic heterocycles. The van der Waals surface area contributed by atoms with Crippen LogP contribution in [-0.4, -0.2) is 49.7 Å². The molecule has 2 N–H and O–H groups in total. The largest absolute Gasteiger partial charge is 0.378 e. The molecule has 22 heavy (non-hydrogen) atoms. The molecule has 0 saturated carbocycles. The molecule has 0 bridgehead atoms. The molecule has 1 unspecified atom stereocenters. The Hall–Kier alpha value is -1.43. The van der Waals surface area contributed by atoms with Gasteiger partial charge in [-0.3, -0.25) is 9.69 Å². The highest BCUT2D eigenvalue weighted by atomic mass is 16.5. The molecule has 122 valence electrons. The standard InChI is InChI=1S/C17H27N3O2/c1-3-20(4-2)12-15-7-5-14(6-8-15)11-19-17(21)16-13-22-10-9-18-16/h5-8,16,18H,3-4,9-13H2,1-2H3,(H,19,21). The monoisotopic (exact) mass is 305 g/mol. The maximum Gasteiger partial charge on any atom is 0.239 e. The first kappa shape index (κ1) is 16.9. The Morgan fingerprint density at radius 2 is 1.95 bits per heavy atom. The minimum absolute atomic E-state index is 0.00641. The smallest absolute Gasteiger partial charge is 0.239 e. The van der Waals surface area contributed by atoms with Crippen LogP contribution in [0.3, 0.4) is 0 Å². The van der Waals surface area contributed by atoms with Crippen molar-refractivity contribution < 1.29 is 9.53 Å². The second kappa shape index (κ2) is 8.88. The second-order valence-electron chi connectivity index (χ2n) is 5.58. The summed E-state index contributed by atoms with van der Waals surface area (Å²) in [4.78, 5) is 14.4. The molecule has 5 heteroatoms. The van der Waals surface area contributed by atoms with Crippen molar-refractivity contribution in [1.29, 1.82) is 0 Å². The quantitative estimate of drug-likeness (QED) is 0.793. The number of carbonyl (C=O) groups is 1. The van der Waals surface area contributed by atoms with Crippen LogP contribution < -0.4 is 10.6 Å². The van der Waals surface area contributed by atoms with Crippen molar-refractivity contribution in [2.24, 2.45) is 0 Å². The number of amides is 1. The number of nitrogens with one attached hydrogen (secondary N) is 2. The summed E-state index contributed by atoms with van der Waals surface area (Å²) in [7, 11) is 0. The maximum absolute atomic E-state index is 12.0. The molecular formula is C17H27N3O2. The maximum atomic E-state index is 12.0. The summed E-state index contributed by atoms with van der Waals surface area (Å²) in [5, 5.41) is 6.12. The SMILES string of the molecule is CCN(CC)Cc1ccc(CNC(=O)C2COCCN2)cc1. The molecule has 1 heterocycles. The van der Waals surface area contributed by atoms with Gasteiger partial charge in [-0.05, 0) is 24.2 Å². The van der Waals surface area contributed by atoms with E-state index in [1.165, 1.54) is 5.56 Å². The zero-order valence-electron chi connectivity index (χ0n) is 13.6. The van der Waals surface area contributed by atoms with E-state index in [0.717, 1.165) is 31.7 Å².